The van der Waals surface area contributed by atoms with Gasteiger partial charge >= 0.3 is 11.9 Å². The Hall–Kier alpha value is -4.46. The van der Waals surface area contributed by atoms with Crippen molar-refractivity contribution in [3.8, 4) is 11.5 Å². The molecule has 16 nitrogen and oxygen atoms in total. The monoisotopic (exact) mass is 856 g/mol. The third-order valence-electron chi connectivity index (χ3n) is 10.6. The molecule has 16 heteroatoms. The summed E-state index contributed by atoms with van der Waals surface area (Å²) in [6.07, 6.45) is 7.29. The fourth-order valence-corrected chi connectivity index (χ4v) is 6.87. The lowest BCUT2D eigenvalue weighted by atomic mass is 9.86. The minimum atomic E-state index is -2.27. The number of aliphatic hydroxyl groups excluding tert-OH is 6. The van der Waals surface area contributed by atoms with Crippen LogP contribution < -0.4 is 0 Å². The van der Waals surface area contributed by atoms with Crippen molar-refractivity contribution in [1.82, 2.24) is 0 Å². The molecule has 2 unspecified atom stereocenters. The number of aromatic hydroxyl groups is 2. The van der Waals surface area contributed by atoms with E-state index in [-0.39, 0.29) is 29.9 Å². The van der Waals surface area contributed by atoms with Gasteiger partial charge in [0.2, 0.25) is 5.79 Å². The summed E-state index contributed by atoms with van der Waals surface area (Å²) in [5.41, 5.74) is 0.857. The first-order valence-corrected chi connectivity index (χ1v) is 20.4. The fraction of sp³-hybridized carbons (Fsp3) is 0.511. The number of hydrogen-bond acceptors (Lipinski definition) is 16. The average molecular weight is 857 g/mol. The Labute approximate surface area is 355 Å². The van der Waals surface area contributed by atoms with Crippen LogP contribution in [0, 0.1) is 5.92 Å². The molecule has 2 fully saturated rings. The molecule has 1 aromatic carbocycles. The summed E-state index contributed by atoms with van der Waals surface area (Å²) >= 11 is 0. The highest BCUT2D eigenvalue weighted by Gasteiger charge is 2.63. The zero-order valence-corrected chi connectivity index (χ0v) is 34.8. The molecule has 12 atom stereocenters. The van der Waals surface area contributed by atoms with Gasteiger partial charge < -0.3 is 69.3 Å². The maximum atomic E-state index is 13.4. The van der Waals surface area contributed by atoms with Gasteiger partial charge in [0.1, 0.15) is 54.7 Å². The van der Waals surface area contributed by atoms with Gasteiger partial charge in [0.25, 0.3) is 0 Å². The fourth-order valence-electron chi connectivity index (χ4n) is 6.87. The molecule has 1 spiro atoms. The largest absolute Gasteiger partial charge is 0.508 e. The van der Waals surface area contributed by atoms with Crippen molar-refractivity contribution in [2.45, 2.75) is 127 Å². The molecule has 0 bridgehead atoms. The number of ether oxygens (including phenoxy) is 6. The van der Waals surface area contributed by atoms with E-state index in [0.29, 0.717) is 5.92 Å². The molecule has 0 aliphatic carbocycles. The van der Waals surface area contributed by atoms with Gasteiger partial charge in [-0.1, -0.05) is 87.1 Å². The normalized spacial score (nSPS) is 30.7. The standard InChI is InChI=1S/C45H60O16/c1-5-7-8-9-15-20-35(50)56-26-34-38(52)39(53)40(54)44(58-34)60-41-33(24-46)61-45(37-29(25-57-45)22-30(47)23-32(37)49)43(55)42(41)59-36(51)21-16-11-14-19-31(48)28(4)18-13-10-12-17-27(3)6-2/h5,7-11,13-16,18,20-23,27,31,33-34,38-44,46-49,52-55H,6,12,17,19,24-26H2,1-4H3/b7-5+,9-8+,13-10+,14-11+,20-15+,21-16+,28-18+/t27?,31?,33-,34-,38+,39+,40-,41-,42+,43-,44+,45+/m1/s1. The van der Waals surface area contributed by atoms with E-state index >= 15 is 0 Å². The third kappa shape index (κ3) is 13.0. The lowest BCUT2D eigenvalue weighted by molar-refractivity contribution is -0.395. The molecular formula is C45H60O16. The van der Waals surface area contributed by atoms with Crippen LogP contribution in [0.25, 0.3) is 0 Å². The van der Waals surface area contributed by atoms with E-state index in [1.165, 1.54) is 24.3 Å². The summed E-state index contributed by atoms with van der Waals surface area (Å²) in [7, 11) is 0. The number of benzene rings is 1. The molecule has 0 radical (unpaired) electrons. The molecule has 1 aromatic rings. The first kappa shape index (κ1) is 49.2. The predicted molar refractivity (Wildman–Crippen MR) is 220 cm³/mol. The summed E-state index contributed by atoms with van der Waals surface area (Å²) in [6.45, 7) is 6.23. The third-order valence-corrected chi connectivity index (χ3v) is 10.6. The molecule has 61 heavy (non-hydrogen) atoms. The second kappa shape index (κ2) is 23.7. The van der Waals surface area contributed by atoms with E-state index < -0.39 is 97.9 Å². The quantitative estimate of drug-likeness (QED) is 0.0566. The summed E-state index contributed by atoms with van der Waals surface area (Å²) in [4.78, 5) is 25.7. The van der Waals surface area contributed by atoms with Gasteiger partial charge in [-0.05, 0) is 56.2 Å². The van der Waals surface area contributed by atoms with Crippen LogP contribution >= 0.6 is 0 Å². The summed E-state index contributed by atoms with van der Waals surface area (Å²) in [5.74, 6) is -4.31. The van der Waals surface area contributed by atoms with Crippen LogP contribution in [0.3, 0.4) is 0 Å². The van der Waals surface area contributed by atoms with E-state index in [1.54, 1.807) is 30.4 Å². The number of rotatable bonds is 19. The lowest BCUT2D eigenvalue weighted by Gasteiger charge is -2.50. The molecule has 336 valence electrons. The Balaban J connectivity index is 1.53. The van der Waals surface area contributed by atoms with Crippen molar-refractivity contribution in [2.75, 3.05) is 13.2 Å². The second-order valence-electron chi connectivity index (χ2n) is 15.1. The van der Waals surface area contributed by atoms with E-state index in [0.717, 1.165) is 43.1 Å². The van der Waals surface area contributed by atoms with Crippen LogP contribution in [0.4, 0.5) is 0 Å². The van der Waals surface area contributed by atoms with Crippen LogP contribution in [-0.4, -0.2) is 127 Å². The van der Waals surface area contributed by atoms with Gasteiger partial charge in [0, 0.05) is 18.2 Å². The zero-order chi connectivity index (χ0) is 44.7. The van der Waals surface area contributed by atoms with E-state index in [9.17, 15) is 50.4 Å². The Bertz CT molecular complexity index is 1810. The Morgan fingerprint density at radius 1 is 0.918 bits per heavy atom. The highest BCUT2D eigenvalue weighted by Crippen LogP contribution is 2.51. The summed E-state index contributed by atoms with van der Waals surface area (Å²) in [6, 6.07) is 2.26. The molecule has 2 saturated heterocycles. The van der Waals surface area contributed by atoms with E-state index in [1.807, 2.05) is 26.0 Å². The summed E-state index contributed by atoms with van der Waals surface area (Å²) < 4.78 is 34.6. The predicted octanol–water partition coefficient (Wildman–Crippen LogP) is 3.06. The lowest BCUT2D eigenvalue weighted by Crippen LogP contribution is -2.67. The van der Waals surface area contributed by atoms with Crippen LogP contribution in [0.15, 0.2) is 96.7 Å². The molecule has 3 aliphatic heterocycles. The number of allylic oxidation sites excluding steroid dienone is 10. The number of phenols is 2. The highest BCUT2D eigenvalue weighted by atomic mass is 16.8. The van der Waals surface area contributed by atoms with Crippen molar-refractivity contribution >= 4 is 11.9 Å². The summed E-state index contributed by atoms with van der Waals surface area (Å²) in [5, 5.41) is 86.5. The van der Waals surface area contributed by atoms with Crippen LogP contribution in [0.5, 0.6) is 11.5 Å². The van der Waals surface area contributed by atoms with Gasteiger partial charge in [0.15, 0.2) is 18.5 Å². The number of carbonyl (C=O) groups excluding carboxylic acids is 2. The van der Waals surface area contributed by atoms with Gasteiger partial charge in [-0.15, -0.1) is 0 Å². The average Bonchev–Trinajstić information content (AvgIpc) is 3.60. The highest BCUT2D eigenvalue weighted by molar-refractivity contribution is 5.82. The first-order chi connectivity index (χ1) is 29.2. The first-order valence-electron chi connectivity index (χ1n) is 20.4. The van der Waals surface area contributed by atoms with Crippen LogP contribution in [0.2, 0.25) is 0 Å². The minimum Gasteiger partial charge on any atom is -0.508 e. The molecule has 4 rings (SSSR count). The molecule has 3 aliphatic rings. The number of fused-ring (bicyclic) bond motifs is 2. The molecule has 0 aromatic heterocycles. The van der Waals surface area contributed by atoms with Crippen molar-refractivity contribution < 1.29 is 78.9 Å². The topological polar surface area (TPSA) is 251 Å². The van der Waals surface area contributed by atoms with Gasteiger partial charge in [-0.25, -0.2) is 9.59 Å². The van der Waals surface area contributed by atoms with Crippen molar-refractivity contribution in [1.29, 1.82) is 0 Å². The number of phenolic OH excluding ortho intramolecular Hbond substituents is 2. The zero-order valence-electron chi connectivity index (χ0n) is 34.8. The Morgan fingerprint density at radius 3 is 2.36 bits per heavy atom. The number of esters is 2. The minimum absolute atomic E-state index is 0.112. The van der Waals surface area contributed by atoms with Crippen LogP contribution in [-0.2, 0) is 50.4 Å². The van der Waals surface area contributed by atoms with Crippen LogP contribution in [0.1, 0.15) is 64.5 Å². The van der Waals surface area contributed by atoms with Crippen molar-refractivity contribution in [2.24, 2.45) is 5.92 Å². The molecular weight excluding hydrogens is 796 g/mol. The molecule has 0 saturated carbocycles. The molecule has 0 amide bonds. The van der Waals surface area contributed by atoms with Gasteiger partial charge in [-0.2, -0.15) is 0 Å². The number of carbonyl (C=O) groups is 2. The van der Waals surface area contributed by atoms with Gasteiger partial charge in [-0.3, -0.25) is 0 Å². The van der Waals surface area contributed by atoms with Crippen molar-refractivity contribution in [3.63, 3.8) is 0 Å². The second-order valence-corrected chi connectivity index (χ2v) is 15.1. The molecule has 3 heterocycles. The number of aliphatic hydroxyl groups is 6. The Kier molecular flexibility index (Phi) is 19.1. The maximum absolute atomic E-state index is 13.4. The molecule has 8 N–H and O–H groups in total. The van der Waals surface area contributed by atoms with E-state index in [2.05, 4.69) is 19.9 Å². The maximum Gasteiger partial charge on any atom is 0.331 e. The Morgan fingerprint density at radius 2 is 1.64 bits per heavy atom. The van der Waals surface area contributed by atoms with Gasteiger partial charge in [0.05, 0.1) is 24.9 Å². The smallest absolute Gasteiger partial charge is 0.331 e. The van der Waals surface area contributed by atoms with Crippen molar-refractivity contribution in [3.05, 3.63) is 108 Å². The SMILES string of the molecule is C/C=C/C=C/C=C/C(=O)OC[C@H]1O[C@@H](O[C@H]2[C@H](OC(=O)/C=C/C=C/CC(O)/C(C)=C/C=C/CCC(C)CC)[C@@H](O)[C@@]3(OCc4cc(O)cc(O)c43)O[C@@H]2CO)[C@H](O)[C@@H](O)[C@H]1O. The number of hydrogen-bond donors (Lipinski definition) is 8. The van der Waals surface area contributed by atoms with E-state index in [4.69, 9.17) is 28.4 Å².